The quantitative estimate of drug-likeness (QED) is 0.817. The number of anilines is 1. The first-order valence-corrected chi connectivity index (χ1v) is 9.12. The van der Waals surface area contributed by atoms with Gasteiger partial charge in [0.05, 0.1) is 5.69 Å². The van der Waals surface area contributed by atoms with Crippen molar-refractivity contribution in [1.29, 1.82) is 0 Å². The van der Waals surface area contributed by atoms with E-state index in [1.54, 1.807) is 0 Å². The summed E-state index contributed by atoms with van der Waals surface area (Å²) in [5, 5.41) is 4.82. The standard InChI is InChI=1S/C17H31N3S/c1-7-14-15(10-18-17(4,5)6)21-16(19-14)20(12(2)3)11-13-8-9-13/h12-13,18H,7-11H2,1-6H3. The van der Waals surface area contributed by atoms with Crippen molar-refractivity contribution < 1.29 is 0 Å². The van der Waals surface area contributed by atoms with Crippen LogP contribution in [-0.4, -0.2) is 23.1 Å². The molecule has 1 aliphatic rings. The zero-order chi connectivity index (χ0) is 15.6. The van der Waals surface area contributed by atoms with Crippen molar-refractivity contribution in [2.75, 3.05) is 11.4 Å². The average Bonchev–Trinajstić information content (AvgIpc) is 3.11. The molecule has 0 spiro atoms. The van der Waals surface area contributed by atoms with Gasteiger partial charge in [-0.25, -0.2) is 4.98 Å². The van der Waals surface area contributed by atoms with Gasteiger partial charge >= 0.3 is 0 Å². The summed E-state index contributed by atoms with van der Waals surface area (Å²) in [7, 11) is 0. The van der Waals surface area contributed by atoms with Gasteiger partial charge in [-0.15, -0.1) is 11.3 Å². The van der Waals surface area contributed by atoms with Crippen molar-refractivity contribution in [2.45, 2.75) is 78.9 Å². The van der Waals surface area contributed by atoms with Gasteiger partial charge in [0.1, 0.15) is 0 Å². The molecule has 1 aliphatic carbocycles. The van der Waals surface area contributed by atoms with Gasteiger partial charge < -0.3 is 10.2 Å². The van der Waals surface area contributed by atoms with E-state index in [9.17, 15) is 0 Å². The lowest BCUT2D eigenvalue weighted by Crippen LogP contribution is -2.35. The Morgan fingerprint density at radius 1 is 1.33 bits per heavy atom. The molecule has 1 fully saturated rings. The molecule has 4 heteroatoms. The maximum absolute atomic E-state index is 4.94. The minimum Gasteiger partial charge on any atom is -0.345 e. The summed E-state index contributed by atoms with van der Waals surface area (Å²) < 4.78 is 0. The number of thiazole rings is 1. The molecule has 2 rings (SSSR count). The van der Waals surface area contributed by atoms with Crippen LogP contribution in [0.5, 0.6) is 0 Å². The molecular formula is C17H31N3S. The van der Waals surface area contributed by atoms with E-state index in [4.69, 9.17) is 4.98 Å². The normalized spacial score (nSPS) is 15.8. The first-order chi connectivity index (χ1) is 9.80. The lowest BCUT2D eigenvalue weighted by Gasteiger charge is -2.26. The number of rotatable bonds is 7. The highest BCUT2D eigenvalue weighted by Crippen LogP contribution is 2.35. The minimum absolute atomic E-state index is 0.154. The number of aromatic nitrogens is 1. The summed E-state index contributed by atoms with van der Waals surface area (Å²) in [5.74, 6) is 0.900. The summed E-state index contributed by atoms with van der Waals surface area (Å²) in [4.78, 5) is 8.84. The Morgan fingerprint density at radius 3 is 2.48 bits per heavy atom. The first-order valence-electron chi connectivity index (χ1n) is 8.30. The van der Waals surface area contributed by atoms with E-state index in [0.29, 0.717) is 6.04 Å². The molecule has 0 unspecified atom stereocenters. The van der Waals surface area contributed by atoms with Crippen LogP contribution in [0.25, 0.3) is 0 Å². The fourth-order valence-electron chi connectivity index (χ4n) is 2.34. The highest BCUT2D eigenvalue weighted by atomic mass is 32.1. The number of nitrogens with zero attached hydrogens (tertiary/aromatic N) is 2. The van der Waals surface area contributed by atoms with Crippen molar-refractivity contribution in [3.05, 3.63) is 10.6 Å². The van der Waals surface area contributed by atoms with Crippen LogP contribution in [0.15, 0.2) is 0 Å². The molecule has 1 aromatic rings. The average molecular weight is 310 g/mol. The fourth-order valence-corrected chi connectivity index (χ4v) is 3.57. The van der Waals surface area contributed by atoms with Crippen molar-refractivity contribution in [3.63, 3.8) is 0 Å². The van der Waals surface area contributed by atoms with Gasteiger partial charge in [-0.05, 0) is 59.8 Å². The van der Waals surface area contributed by atoms with E-state index < -0.39 is 0 Å². The molecule has 1 N–H and O–H groups in total. The van der Waals surface area contributed by atoms with Gasteiger partial charge in [-0.2, -0.15) is 0 Å². The van der Waals surface area contributed by atoms with Crippen molar-refractivity contribution in [1.82, 2.24) is 10.3 Å². The molecule has 1 saturated carbocycles. The lowest BCUT2D eigenvalue weighted by atomic mass is 10.1. The molecule has 120 valence electrons. The van der Waals surface area contributed by atoms with E-state index in [1.165, 1.54) is 35.1 Å². The second-order valence-electron chi connectivity index (χ2n) is 7.51. The molecular weight excluding hydrogens is 278 g/mol. The molecule has 1 heterocycles. The van der Waals surface area contributed by atoms with E-state index >= 15 is 0 Å². The monoisotopic (exact) mass is 309 g/mol. The summed E-state index contributed by atoms with van der Waals surface area (Å²) in [6, 6.07) is 0.532. The lowest BCUT2D eigenvalue weighted by molar-refractivity contribution is 0.425. The summed E-state index contributed by atoms with van der Waals surface area (Å²) >= 11 is 1.88. The Bertz CT molecular complexity index is 455. The van der Waals surface area contributed by atoms with E-state index in [2.05, 4.69) is 51.8 Å². The third kappa shape index (κ3) is 4.96. The Morgan fingerprint density at radius 2 is 2.00 bits per heavy atom. The summed E-state index contributed by atoms with van der Waals surface area (Å²) in [6.45, 7) is 15.5. The van der Waals surface area contributed by atoms with Crippen molar-refractivity contribution in [2.24, 2.45) is 5.92 Å². The second kappa shape index (κ2) is 6.66. The molecule has 21 heavy (non-hydrogen) atoms. The molecule has 0 radical (unpaired) electrons. The number of aryl methyl sites for hydroxylation is 1. The maximum Gasteiger partial charge on any atom is 0.186 e. The van der Waals surface area contributed by atoms with Crippen LogP contribution in [0, 0.1) is 5.92 Å². The zero-order valence-corrected chi connectivity index (χ0v) is 15.3. The van der Waals surface area contributed by atoms with Gasteiger partial charge in [-0.3, -0.25) is 0 Å². The Hall–Kier alpha value is -0.610. The van der Waals surface area contributed by atoms with E-state index in [-0.39, 0.29) is 5.54 Å². The highest BCUT2D eigenvalue weighted by Gasteiger charge is 2.27. The zero-order valence-electron chi connectivity index (χ0n) is 14.5. The smallest absolute Gasteiger partial charge is 0.186 e. The number of hydrogen-bond donors (Lipinski definition) is 1. The third-order valence-corrected chi connectivity index (χ3v) is 5.04. The predicted octanol–water partition coefficient (Wildman–Crippen LogP) is 4.22. The molecule has 0 atom stereocenters. The largest absolute Gasteiger partial charge is 0.345 e. The van der Waals surface area contributed by atoms with Gasteiger partial charge in [0.2, 0.25) is 0 Å². The van der Waals surface area contributed by atoms with E-state index in [1.807, 2.05) is 11.3 Å². The van der Waals surface area contributed by atoms with Crippen LogP contribution < -0.4 is 10.2 Å². The van der Waals surface area contributed by atoms with Crippen LogP contribution in [0.3, 0.4) is 0 Å². The molecule has 0 amide bonds. The Labute approximate surface area is 134 Å². The molecule has 0 aromatic carbocycles. The van der Waals surface area contributed by atoms with Gasteiger partial charge in [0.15, 0.2) is 5.13 Å². The third-order valence-electron chi connectivity index (χ3n) is 3.90. The molecule has 1 aromatic heterocycles. The maximum atomic E-state index is 4.94. The van der Waals surface area contributed by atoms with Crippen LogP contribution in [0.1, 0.15) is 65.0 Å². The predicted molar refractivity (Wildman–Crippen MR) is 93.3 cm³/mol. The molecule has 0 aliphatic heterocycles. The molecule has 3 nitrogen and oxygen atoms in total. The Balaban J connectivity index is 2.13. The number of nitrogens with one attached hydrogen (secondary N) is 1. The highest BCUT2D eigenvalue weighted by molar-refractivity contribution is 7.15. The Kier molecular flexibility index (Phi) is 5.31. The first kappa shape index (κ1) is 16.8. The van der Waals surface area contributed by atoms with Gasteiger partial charge in [0, 0.05) is 29.5 Å². The topological polar surface area (TPSA) is 28.2 Å². The van der Waals surface area contributed by atoms with Crippen LogP contribution in [0.2, 0.25) is 0 Å². The molecule has 0 saturated heterocycles. The second-order valence-corrected chi connectivity index (χ2v) is 8.57. The summed E-state index contributed by atoms with van der Waals surface area (Å²) in [6.07, 6.45) is 3.81. The summed E-state index contributed by atoms with van der Waals surface area (Å²) in [5.41, 5.74) is 1.43. The fraction of sp³-hybridized carbons (Fsp3) is 0.824. The number of hydrogen-bond acceptors (Lipinski definition) is 4. The van der Waals surface area contributed by atoms with Crippen LogP contribution >= 0.6 is 11.3 Å². The van der Waals surface area contributed by atoms with E-state index in [0.717, 1.165) is 18.9 Å². The minimum atomic E-state index is 0.154. The molecule has 0 bridgehead atoms. The SMILES string of the molecule is CCc1nc(N(CC2CC2)C(C)C)sc1CNC(C)(C)C. The van der Waals surface area contributed by atoms with Crippen LogP contribution in [0.4, 0.5) is 5.13 Å². The van der Waals surface area contributed by atoms with Gasteiger partial charge in [0.25, 0.3) is 0 Å². The van der Waals surface area contributed by atoms with Crippen molar-refractivity contribution in [3.8, 4) is 0 Å². The van der Waals surface area contributed by atoms with Crippen molar-refractivity contribution >= 4 is 16.5 Å². The van der Waals surface area contributed by atoms with Crippen LogP contribution in [-0.2, 0) is 13.0 Å². The van der Waals surface area contributed by atoms with Gasteiger partial charge in [-0.1, -0.05) is 6.92 Å².